The molecule has 0 aromatic rings. The van der Waals surface area contributed by atoms with Crippen LogP contribution in [0.3, 0.4) is 0 Å². The van der Waals surface area contributed by atoms with Gasteiger partial charge in [-0.25, -0.2) is 0 Å². The SMILES string of the molecule is CC1CCN(C(=O)C2CCN(CC(=O)NCCCN3CCCC3=O)CC2)CC1. The van der Waals surface area contributed by atoms with E-state index in [-0.39, 0.29) is 17.7 Å². The highest BCUT2D eigenvalue weighted by molar-refractivity contribution is 5.80. The smallest absolute Gasteiger partial charge is 0.234 e. The third-order valence-corrected chi connectivity index (χ3v) is 6.50. The maximum Gasteiger partial charge on any atom is 0.234 e. The van der Waals surface area contributed by atoms with Crippen LogP contribution in [0.15, 0.2) is 0 Å². The van der Waals surface area contributed by atoms with E-state index in [1.54, 1.807) is 0 Å². The summed E-state index contributed by atoms with van der Waals surface area (Å²) >= 11 is 0. The van der Waals surface area contributed by atoms with Gasteiger partial charge in [-0.3, -0.25) is 19.3 Å². The number of rotatable bonds is 7. The number of piperidine rings is 2. The molecule has 1 N–H and O–H groups in total. The molecule has 0 radical (unpaired) electrons. The molecule has 3 saturated heterocycles. The molecule has 0 aliphatic carbocycles. The fraction of sp³-hybridized carbons (Fsp3) is 0.857. The molecule has 0 spiro atoms. The Hall–Kier alpha value is -1.63. The standard InChI is InChI=1S/C21H36N4O3/c1-17-5-14-25(15-6-17)21(28)18-7-12-23(13-8-18)16-19(26)22-9-3-11-24-10-2-4-20(24)27/h17-18H,2-16H2,1H3,(H,22,26). The Bertz CT molecular complexity index is 552. The van der Waals surface area contributed by atoms with Crippen molar-refractivity contribution in [3.05, 3.63) is 0 Å². The minimum atomic E-state index is 0.0440. The molecule has 0 aromatic heterocycles. The lowest BCUT2D eigenvalue weighted by Gasteiger charge is -2.36. The third kappa shape index (κ3) is 5.93. The number of carbonyl (C=O) groups is 3. The first-order valence-corrected chi connectivity index (χ1v) is 11.1. The van der Waals surface area contributed by atoms with Crippen LogP contribution in [0.4, 0.5) is 0 Å². The normalized spacial score (nSPS) is 22.7. The third-order valence-electron chi connectivity index (χ3n) is 6.50. The molecule has 0 bridgehead atoms. The highest BCUT2D eigenvalue weighted by Gasteiger charge is 2.30. The van der Waals surface area contributed by atoms with Gasteiger partial charge in [0.2, 0.25) is 17.7 Å². The molecule has 7 heteroatoms. The Labute approximate surface area is 168 Å². The molecule has 3 amide bonds. The fourth-order valence-corrected chi connectivity index (χ4v) is 4.52. The van der Waals surface area contributed by atoms with Gasteiger partial charge < -0.3 is 15.1 Å². The van der Waals surface area contributed by atoms with E-state index in [2.05, 4.69) is 22.0 Å². The fourth-order valence-electron chi connectivity index (χ4n) is 4.52. The van der Waals surface area contributed by atoms with Crippen LogP contribution in [0.25, 0.3) is 0 Å². The van der Waals surface area contributed by atoms with Crippen molar-refractivity contribution in [3.63, 3.8) is 0 Å². The number of likely N-dealkylation sites (tertiary alicyclic amines) is 3. The van der Waals surface area contributed by atoms with E-state index in [4.69, 9.17) is 0 Å². The number of hydrogen-bond acceptors (Lipinski definition) is 4. The van der Waals surface area contributed by atoms with Gasteiger partial charge in [0, 0.05) is 45.1 Å². The molecule has 3 aliphatic rings. The second-order valence-electron chi connectivity index (χ2n) is 8.75. The monoisotopic (exact) mass is 392 g/mol. The van der Waals surface area contributed by atoms with Crippen molar-refractivity contribution in [1.29, 1.82) is 0 Å². The van der Waals surface area contributed by atoms with Crippen molar-refractivity contribution in [1.82, 2.24) is 20.0 Å². The van der Waals surface area contributed by atoms with Crippen molar-refractivity contribution in [2.45, 2.75) is 51.9 Å². The Balaban J connectivity index is 1.28. The molecule has 0 atom stereocenters. The quantitative estimate of drug-likeness (QED) is 0.658. The molecule has 158 valence electrons. The average Bonchev–Trinajstić information content (AvgIpc) is 3.11. The van der Waals surface area contributed by atoms with E-state index in [0.717, 1.165) is 83.7 Å². The molecular weight excluding hydrogens is 356 g/mol. The second-order valence-corrected chi connectivity index (χ2v) is 8.75. The Morgan fingerprint density at radius 3 is 2.39 bits per heavy atom. The van der Waals surface area contributed by atoms with Gasteiger partial charge in [0.1, 0.15) is 0 Å². The van der Waals surface area contributed by atoms with E-state index in [1.807, 2.05) is 4.90 Å². The first kappa shape index (κ1) is 21.1. The lowest BCUT2D eigenvalue weighted by atomic mass is 9.92. The van der Waals surface area contributed by atoms with Crippen molar-refractivity contribution < 1.29 is 14.4 Å². The predicted molar refractivity (Wildman–Crippen MR) is 108 cm³/mol. The second kappa shape index (κ2) is 10.2. The number of carbonyl (C=O) groups excluding carboxylic acids is 3. The molecule has 0 saturated carbocycles. The number of hydrogen-bond donors (Lipinski definition) is 1. The molecule has 7 nitrogen and oxygen atoms in total. The number of nitrogens with one attached hydrogen (secondary N) is 1. The lowest BCUT2D eigenvalue weighted by molar-refractivity contribution is -0.138. The summed E-state index contributed by atoms with van der Waals surface area (Å²) in [6.07, 6.45) is 6.39. The van der Waals surface area contributed by atoms with Crippen molar-refractivity contribution in [2.75, 3.05) is 52.4 Å². The van der Waals surface area contributed by atoms with Crippen molar-refractivity contribution in [2.24, 2.45) is 11.8 Å². The van der Waals surface area contributed by atoms with Crippen LogP contribution < -0.4 is 5.32 Å². The zero-order chi connectivity index (χ0) is 19.9. The Morgan fingerprint density at radius 2 is 1.75 bits per heavy atom. The molecular formula is C21H36N4O3. The summed E-state index contributed by atoms with van der Waals surface area (Å²) in [6, 6.07) is 0. The summed E-state index contributed by atoms with van der Waals surface area (Å²) in [6.45, 7) is 8.33. The van der Waals surface area contributed by atoms with Crippen LogP contribution in [0.2, 0.25) is 0 Å². The lowest BCUT2D eigenvalue weighted by Crippen LogP contribution is -2.47. The topological polar surface area (TPSA) is 73.0 Å². The predicted octanol–water partition coefficient (Wildman–Crippen LogP) is 1.09. The van der Waals surface area contributed by atoms with E-state index in [1.165, 1.54) is 0 Å². The largest absolute Gasteiger partial charge is 0.355 e. The first-order valence-electron chi connectivity index (χ1n) is 11.1. The number of nitrogens with zero attached hydrogens (tertiary/aromatic N) is 3. The Kier molecular flexibility index (Phi) is 7.71. The summed E-state index contributed by atoms with van der Waals surface area (Å²) in [5.41, 5.74) is 0. The van der Waals surface area contributed by atoms with Crippen LogP contribution in [-0.2, 0) is 14.4 Å². The first-order chi connectivity index (χ1) is 13.5. The van der Waals surface area contributed by atoms with Crippen LogP contribution >= 0.6 is 0 Å². The summed E-state index contributed by atoms with van der Waals surface area (Å²) in [5, 5.41) is 2.96. The maximum atomic E-state index is 12.7. The van der Waals surface area contributed by atoms with Crippen LogP contribution in [0, 0.1) is 11.8 Å². The minimum absolute atomic E-state index is 0.0440. The van der Waals surface area contributed by atoms with E-state index in [0.29, 0.717) is 25.4 Å². The zero-order valence-electron chi connectivity index (χ0n) is 17.3. The summed E-state index contributed by atoms with van der Waals surface area (Å²) in [4.78, 5) is 42.5. The van der Waals surface area contributed by atoms with Gasteiger partial charge in [0.05, 0.1) is 6.54 Å². The van der Waals surface area contributed by atoms with Gasteiger partial charge in [-0.05, 0) is 57.5 Å². The van der Waals surface area contributed by atoms with Gasteiger partial charge in [-0.15, -0.1) is 0 Å². The molecule has 3 rings (SSSR count). The summed E-state index contributed by atoms with van der Waals surface area (Å²) in [7, 11) is 0. The van der Waals surface area contributed by atoms with Gasteiger partial charge >= 0.3 is 0 Å². The molecule has 3 aliphatic heterocycles. The van der Waals surface area contributed by atoms with E-state index in [9.17, 15) is 14.4 Å². The molecule has 0 unspecified atom stereocenters. The molecule has 0 aromatic carbocycles. The van der Waals surface area contributed by atoms with Crippen LogP contribution in [-0.4, -0.2) is 84.8 Å². The van der Waals surface area contributed by atoms with Gasteiger partial charge in [0.25, 0.3) is 0 Å². The maximum absolute atomic E-state index is 12.7. The van der Waals surface area contributed by atoms with Crippen LogP contribution in [0.1, 0.15) is 51.9 Å². The molecule has 3 heterocycles. The summed E-state index contributed by atoms with van der Waals surface area (Å²) in [5.74, 6) is 1.48. The minimum Gasteiger partial charge on any atom is -0.355 e. The van der Waals surface area contributed by atoms with Crippen molar-refractivity contribution >= 4 is 17.7 Å². The number of amides is 3. The summed E-state index contributed by atoms with van der Waals surface area (Å²) < 4.78 is 0. The van der Waals surface area contributed by atoms with Gasteiger partial charge in [-0.1, -0.05) is 6.92 Å². The van der Waals surface area contributed by atoms with Gasteiger partial charge in [0.15, 0.2) is 0 Å². The molecule has 3 fully saturated rings. The van der Waals surface area contributed by atoms with Gasteiger partial charge in [-0.2, -0.15) is 0 Å². The van der Waals surface area contributed by atoms with E-state index < -0.39 is 0 Å². The highest BCUT2D eigenvalue weighted by atomic mass is 16.2. The van der Waals surface area contributed by atoms with E-state index >= 15 is 0 Å². The Morgan fingerprint density at radius 1 is 1.04 bits per heavy atom. The van der Waals surface area contributed by atoms with Crippen LogP contribution in [0.5, 0.6) is 0 Å². The average molecular weight is 393 g/mol. The highest BCUT2D eigenvalue weighted by Crippen LogP contribution is 2.23. The molecule has 28 heavy (non-hydrogen) atoms. The van der Waals surface area contributed by atoms with Crippen molar-refractivity contribution in [3.8, 4) is 0 Å². The zero-order valence-corrected chi connectivity index (χ0v) is 17.3.